The molecule has 1 rings (SSSR count). The van der Waals surface area contributed by atoms with Gasteiger partial charge in [0.1, 0.15) is 11.9 Å². The summed E-state index contributed by atoms with van der Waals surface area (Å²) in [5.74, 6) is -2.55. The third kappa shape index (κ3) is 5.26. The normalized spacial score (nSPS) is 13.6. The summed E-state index contributed by atoms with van der Waals surface area (Å²) in [6, 6.07) is 2.44. The van der Waals surface area contributed by atoms with E-state index in [-0.39, 0.29) is 16.5 Å². The van der Waals surface area contributed by atoms with Crippen molar-refractivity contribution >= 4 is 34.3 Å². The van der Waals surface area contributed by atoms with E-state index in [0.29, 0.717) is 5.56 Å². The summed E-state index contributed by atoms with van der Waals surface area (Å²) in [4.78, 5) is 21.8. The van der Waals surface area contributed by atoms with E-state index in [1.165, 1.54) is 19.1 Å². The van der Waals surface area contributed by atoms with E-state index in [4.69, 9.17) is 16.7 Å². The first-order chi connectivity index (χ1) is 9.29. The van der Waals surface area contributed by atoms with E-state index in [1.54, 1.807) is 0 Å². The van der Waals surface area contributed by atoms with E-state index >= 15 is 0 Å². The molecular weight excluding hydrogens is 309 g/mol. The molecule has 0 saturated carbocycles. The number of nitrogens with one attached hydrogen (secondary N) is 1. The number of carboxylic acids is 1. The number of carbonyl (C=O) groups excluding carboxylic acids is 1. The van der Waals surface area contributed by atoms with Crippen LogP contribution in [0.25, 0.3) is 0 Å². The highest BCUT2D eigenvalue weighted by Gasteiger charge is 2.21. The van der Waals surface area contributed by atoms with Crippen LogP contribution in [0.4, 0.5) is 4.39 Å². The molecule has 1 amide bonds. The fourth-order valence-electron chi connectivity index (χ4n) is 1.48. The van der Waals surface area contributed by atoms with Gasteiger partial charge in [-0.1, -0.05) is 17.7 Å². The van der Waals surface area contributed by atoms with Crippen LogP contribution in [0, 0.1) is 5.82 Å². The lowest BCUT2D eigenvalue weighted by molar-refractivity contribution is -0.140. The molecule has 8 heteroatoms. The van der Waals surface area contributed by atoms with Crippen molar-refractivity contribution in [1.82, 2.24) is 5.32 Å². The van der Waals surface area contributed by atoms with E-state index in [1.807, 2.05) is 0 Å². The molecule has 0 radical (unpaired) electrons. The highest BCUT2D eigenvalue weighted by atomic mass is 35.5. The Hall–Kier alpha value is -1.47. The van der Waals surface area contributed by atoms with Crippen molar-refractivity contribution in [1.29, 1.82) is 0 Å². The van der Waals surface area contributed by atoms with E-state index in [9.17, 15) is 18.2 Å². The van der Waals surface area contributed by atoms with Crippen molar-refractivity contribution in [3.8, 4) is 0 Å². The van der Waals surface area contributed by atoms with Crippen molar-refractivity contribution < 1.29 is 23.3 Å². The topological polar surface area (TPSA) is 83.5 Å². The molecule has 2 N–H and O–H groups in total. The monoisotopic (exact) mass is 321 g/mol. The number of amides is 1. The summed E-state index contributed by atoms with van der Waals surface area (Å²) in [6.45, 7) is 1.18. The number of halogens is 2. The van der Waals surface area contributed by atoms with Crippen LogP contribution in [0.1, 0.15) is 12.5 Å². The molecule has 0 aliphatic heterocycles. The highest BCUT2D eigenvalue weighted by Crippen LogP contribution is 2.19. The molecule has 0 aliphatic rings. The first kappa shape index (κ1) is 16.6. The van der Waals surface area contributed by atoms with E-state index in [0.717, 1.165) is 6.07 Å². The Morgan fingerprint density at radius 3 is 2.65 bits per heavy atom. The molecule has 0 bridgehead atoms. The molecule has 1 unspecified atom stereocenters. The van der Waals surface area contributed by atoms with Crippen LogP contribution in [-0.4, -0.2) is 33.0 Å². The van der Waals surface area contributed by atoms with E-state index < -0.39 is 34.5 Å². The summed E-state index contributed by atoms with van der Waals surface area (Å²) >= 11 is 5.80. The molecule has 5 nitrogen and oxygen atoms in total. The predicted octanol–water partition coefficient (Wildman–Crippen LogP) is 1.32. The quantitative estimate of drug-likeness (QED) is 0.827. The number of benzene rings is 1. The minimum atomic E-state index is -1.56. The molecule has 0 saturated heterocycles. The average molecular weight is 322 g/mol. The Morgan fingerprint density at radius 2 is 2.15 bits per heavy atom. The molecule has 1 aromatic rings. The van der Waals surface area contributed by atoms with Gasteiger partial charge < -0.3 is 10.4 Å². The summed E-state index contributed by atoms with van der Waals surface area (Å²) < 4.78 is 24.7. The standard InChI is InChI=1S/C12H13ClFNO4S/c1-7(16)15-11(12(17)18)6-20(19)5-8-2-3-9(14)4-10(8)13/h2-4,11H,5-6H2,1H3,(H,15,16)(H,17,18)/t11-,20?/m0/s1. The number of hydrogen-bond acceptors (Lipinski definition) is 3. The molecular formula is C12H13ClFNO4S. The number of hydrogen-bond donors (Lipinski definition) is 2. The smallest absolute Gasteiger partial charge is 0.327 e. The zero-order valence-electron chi connectivity index (χ0n) is 10.6. The largest absolute Gasteiger partial charge is 0.480 e. The van der Waals surface area contributed by atoms with E-state index in [2.05, 4.69) is 5.32 Å². The third-order valence-corrected chi connectivity index (χ3v) is 4.05. The molecule has 0 heterocycles. The summed E-state index contributed by atoms with van der Waals surface area (Å²) in [5, 5.41) is 11.2. The van der Waals surface area contributed by atoms with Crippen LogP contribution in [0.15, 0.2) is 18.2 Å². The first-order valence-corrected chi connectivity index (χ1v) is 7.45. The van der Waals surface area contributed by atoms with Gasteiger partial charge in [-0.3, -0.25) is 9.00 Å². The van der Waals surface area contributed by atoms with Crippen molar-refractivity contribution in [2.24, 2.45) is 0 Å². The van der Waals surface area contributed by atoms with Crippen molar-refractivity contribution in [3.63, 3.8) is 0 Å². The minimum Gasteiger partial charge on any atom is -0.480 e. The lowest BCUT2D eigenvalue weighted by Crippen LogP contribution is -2.43. The zero-order chi connectivity index (χ0) is 15.3. The molecule has 20 heavy (non-hydrogen) atoms. The van der Waals surface area contributed by atoms with Gasteiger partial charge in [0.15, 0.2) is 0 Å². The molecule has 1 aromatic carbocycles. The van der Waals surface area contributed by atoms with Gasteiger partial charge in [0.2, 0.25) is 5.91 Å². The maximum atomic E-state index is 12.9. The zero-order valence-corrected chi connectivity index (χ0v) is 12.1. The van der Waals surface area contributed by atoms with Gasteiger partial charge in [-0.15, -0.1) is 0 Å². The van der Waals surface area contributed by atoms with Crippen LogP contribution in [0.5, 0.6) is 0 Å². The van der Waals surface area contributed by atoms with Gasteiger partial charge in [-0.25, -0.2) is 9.18 Å². The molecule has 0 aromatic heterocycles. The third-order valence-electron chi connectivity index (χ3n) is 2.36. The fraction of sp³-hybridized carbons (Fsp3) is 0.333. The van der Waals surface area contributed by atoms with Gasteiger partial charge >= 0.3 is 5.97 Å². The second-order valence-electron chi connectivity index (χ2n) is 4.08. The molecule has 0 aliphatic carbocycles. The second-order valence-corrected chi connectivity index (χ2v) is 5.99. The maximum absolute atomic E-state index is 12.9. The number of carbonyl (C=O) groups is 2. The van der Waals surface area contributed by atoms with Crippen LogP contribution < -0.4 is 5.32 Å². The van der Waals surface area contributed by atoms with Crippen molar-refractivity contribution in [3.05, 3.63) is 34.6 Å². The molecule has 110 valence electrons. The van der Waals surface area contributed by atoms with Crippen LogP contribution in [0.2, 0.25) is 5.02 Å². The molecule has 0 spiro atoms. The van der Waals surface area contributed by atoms with Crippen molar-refractivity contribution in [2.75, 3.05) is 5.75 Å². The van der Waals surface area contributed by atoms with Gasteiger partial charge in [0.25, 0.3) is 0 Å². The second kappa shape index (κ2) is 7.35. The van der Waals surface area contributed by atoms with Crippen LogP contribution in [0.3, 0.4) is 0 Å². The lowest BCUT2D eigenvalue weighted by Gasteiger charge is -2.13. The minimum absolute atomic E-state index is 0.0114. The fourth-order valence-corrected chi connectivity index (χ4v) is 3.10. The Labute approximate surface area is 122 Å². The summed E-state index contributed by atoms with van der Waals surface area (Å²) in [6.07, 6.45) is 0. The number of rotatable bonds is 6. The Kier molecular flexibility index (Phi) is 6.09. The Bertz CT molecular complexity index is 552. The van der Waals surface area contributed by atoms with Crippen LogP contribution in [-0.2, 0) is 26.1 Å². The van der Waals surface area contributed by atoms with Gasteiger partial charge in [0, 0.05) is 22.7 Å². The van der Waals surface area contributed by atoms with Gasteiger partial charge in [-0.05, 0) is 17.7 Å². The van der Waals surface area contributed by atoms with Gasteiger partial charge in [-0.2, -0.15) is 0 Å². The highest BCUT2D eigenvalue weighted by molar-refractivity contribution is 7.84. The molecule has 2 atom stereocenters. The Balaban J connectivity index is 2.70. The predicted molar refractivity (Wildman–Crippen MR) is 73.4 cm³/mol. The number of aliphatic carboxylic acids is 1. The lowest BCUT2D eigenvalue weighted by atomic mass is 10.2. The van der Waals surface area contributed by atoms with Crippen molar-refractivity contribution in [2.45, 2.75) is 18.7 Å². The first-order valence-electron chi connectivity index (χ1n) is 5.58. The maximum Gasteiger partial charge on any atom is 0.327 e. The average Bonchev–Trinajstić information content (AvgIpc) is 2.31. The Morgan fingerprint density at radius 1 is 1.50 bits per heavy atom. The summed E-state index contributed by atoms with van der Waals surface area (Å²) in [5.41, 5.74) is 0.457. The molecule has 0 fully saturated rings. The van der Waals surface area contributed by atoms with Crippen LogP contribution >= 0.6 is 11.6 Å². The SMILES string of the molecule is CC(=O)N[C@@H](CS(=O)Cc1ccc(F)cc1Cl)C(=O)O. The van der Waals surface area contributed by atoms with Gasteiger partial charge in [0.05, 0.1) is 11.5 Å². The summed E-state index contributed by atoms with van der Waals surface area (Å²) in [7, 11) is -1.56. The number of carboxylic acid groups (broad SMARTS) is 1.